The van der Waals surface area contributed by atoms with Crippen molar-refractivity contribution in [3.8, 4) is 0 Å². The normalized spacial score (nSPS) is 10.9. The maximum Gasteiger partial charge on any atom is 0.166 e. The Morgan fingerprint density at radius 1 is 1.29 bits per heavy atom. The number of thiocarbonyl (C=S) groups is 1. The number of hydrogen-bond donors (Lipinski definition) is 2. The van der Waals surface area contributed by atoms with E-state index in [1.165, 1.54) is 0 Å². The van der Waals surface area contributed by atoms with Crippen molar-refractivity contribution in [2.45, 2.75) is 33.2 Å². The van der Waals surface area contributed by atoms with Gasteiger partial charge in [-0.1, -0.05) is 13.8 Å². The Hall–Kier alpha value is -0.660. The van der Waals surface area contributed by atoms with Gasteiger partial charge in [0, 0.05) is 25.8 Å². The van der Waals surface area contributed by atoms with Gasteiger partial charge in [-0.3, -0.25) is 4.68 Å². The molecule has 2 N–H and O–H groups in total. The fraction of sp³-hybridized carbons (Fsp3) is 0.714. The van der Waals surface area contributed by atoms with Gasteiger partial charge in [-0.2, -0.15) is 5.10 Å². The molecule has 0 bridgehead atoms. The maximum absolute atomic E-state index is 5.26. The predicted molar refractivity (Wildman–Crippen MR) is 95.6 cm³/mol. The van der Waals surface area contributed by atoms with Gasteiger partial charge in [-0.05, 0) is 60.6 Å². The third kappa shape index (κ3) is 8.38. The van der Waals surface area contributed by atoms with Crippen LogP contribution in [0.2, 0.25) is 0 Å². The van der Waals surface area contributed by atoms with Crippen molar-refractivity contribution in [1.82, 2.24) is 25.3 Å². The molecular weight excluding hydrogens is 350 g/mol. The van der Waals surface area contributed by atoms with Crippen LogP contribution in [-0.2, 0) is 6.54 Å². The summed E-state index contributed by atoms with van der Waals surface area (Å²) in [5, 5.41) is 11.4. The smallest absolute Gasteiger partial charge is 0.166 e. The summed E-state index contributed by atoms with van der Waals surface area (Å²) in [7, 11) is 0. The highest BCUT2D eigenvalue weighted by molar-refractivity contribution is 9.10. The van der Waals surface area contributed by atoms with Crippen LogP contribution in [0.5, 0.6) is 0 Å². The molecule has 0 amide bonds. The van der Waals surface area contributed by atoms with Crippen molar-refractivity contribution < 1.29 is 0 Å². The standard InChI is InChI=1S/C14H26BrN5S/c1-3-19(4-2)9-5-7-16-14(21)17-8-6-10-20-12-13(15)11-18-20/h11-12H,3-10H2,1-2H3,(H2,16,17,21). The number of rotatable bonds is 10. The van der Waals surface area contributed by atoms with Crippen LogP contribution in [0.25, 0.3) is 0 Å². The van der Waals surface area contributed by atoms with Gasteiger partial charge in [0.05, 0.1) is 10.7 Å². The lowest BCUT2D eigenvalue weighted by atomic mass is 10.3. The van der Waals surface area contributed by atoms with Crippen LogP contribution >= 0.6 is 28.1 Å². The first-order valence-corrected chi connectivity index (χ1v) is 8.77. The summed E-state index contributed by atoms with van der Waals surface area (Å²) >= 11 is 8.65. The Labute approximate surface area is 141 Å². The minimum Gasteiger partial charge on any atom is -0.363 e. The van der Waals surface area contributed by atoms with Crippen molar-refractivity contribution in [2.24, 2.45) is 0 Å². The Morgan fingerprint density at radius 2 is 1.95 bits per heavy atom. The first-order valence-electron chi connectivity index (χ1n) is 7.57. The van der Waals surface area contributed by atoms with Crippen LogP contribution < -0.4 is 10.6 Å². The average molecular weight is 376 g/mol. The lowest BCUT2D eigenvalue weighted by Gasteiger charge is -2.18. The van der Waals surface area contributed by atoms with Crippen LogP contribution in [-0.4, -0.2) is 52.5 Å². The zero-order chi connectivity index (χ0) is 15.5. The molecule has 0 atom stereocenters. The van der Waals surface area contributed by atoms with Crippen LogP contribution in [0.4, 0.5) is 0 Å². The van der Waals surface area contributed by atoms with E-state index >= 15 is 0 Å². The molecule has 0 aromatic carbocycles. The Kier molecular flexibility index (Phi) is 9.62. The SMILES string of the molecule is CCN(CC)CCCNC(=S)NCCCn1cc(Br)cn1. The molecule has 0 aliphatic heterocycles. The van der Waals surface area contributed by atoms with E-state index in [-0.39, 0.29) is 0 Å². The van der Waals surface area contributed by atoms with E-state index in [0.717, 1.165) is 61.7 Å². The highest BCUT2D eigenvalue weighted by Crippen LogP contribution is 2.06. The van der Waals surface area contributed by atoms with E-state index in [1.54, 1.807) is 6.20 Å². The van der Waals surface area contributed by atoms with Crippen molar-refractivity contribution in [1.29, 1.82) is 0 Å². The summed E-state index contributed by atoms with van der Waals surface area (Å²) in [5.74, 6) is 0. The third-order valence-corrected chi connectivity index (χ3v) is 3.98. The molecule has 120 valence electrons. The maximum atomic E-state index is 5.26. The molecule has 5 nitrogen and oxygen atoms in total. The number of aromatic nitrogens is 2. The number of hydrogen-bond acceptors (Lipinski definition) is 3. The fourth-order valence-electron chi connectivity index (χ4n) is 2.01. The van der Waals surface area contributed by atoms with Gasteiger partial charge in [0.25, 0.3) is 0 Å². The van der Waals surface area contributed by atoms with Crippen molar-refractivity contribution >= 4 is 33.3 Å². The summed E-state index contributed by atoms with van der Waals surface area (Å²) in [6.07, 6.45) is 5.89. The molecule has 0 saturated heterocycles. The molecule has 1 aromatic rings. The molecule has 0 aliphatic carbocycles. The second-order valence-electron chi connectivity index (χ2n) is 4.84. The molecule has 0 radical (unpaired) electrons. The number of nitrogens with zero attached hydrogens (tertiary/aromatic N) is 3. The first-order chi connectivity index (χ1) is 10.2. The second-order valence-corrected chi connectivity index (χ2v) is 6.16. The fourth-order valence-corrected chi connectivity index (χ4v) is 2.54. The van der Waals surface area contributed by atoms with Gasteiger partial charge in [-0.25, -0.2) is 0 Å². The number of aryl methyl sites for hydroxylation is 1. The summed E-state index contributed by atoms with van der Waals surface area (Å²) in [4.78, 5) is 2.42. The molecule has 1 heterocycles. The molecule has 0 spiro atoms. The monoisotopic (exact) mass is 375 g/mol. The van der Waals surface area contributed by atoms with Crippen LogP contribution in [0.3, 0.4) is 0 Å². The van der Waals surface area contributed by atoms with Gasteiger partial charge in [0.1, 0.15) is 0 Å². The van der Waals surface area contributed by atoms with E-state index < -0.39 is 0 Å². The van der Waals surface area contributed by atoms with E-state index in [0.29, 0.717) is 0 Å². The summed E-state index contributed by atoms with van der Waals surface area (Å²) < 4.78 is 2.94. The number of halogens is 1. The van der Waals surface area contributed by atoms with Crippen LogP contribution in [0.1, 0.15) is 26.7 Å². The highest BCUT2D eigenvalue weighted by atomic mass is 79.9. The third-order valence-electron chi connectivity index (χ3n) is 3.28. The summed E-state index contributed by atoms with van der Waals surface area (Å²) in [6.45, 7) is 10.4. The zero-order valence-corrected chi connectivity index (χ0v) is 15.3. The zero-order valence-electron chi connectivity index (χ0n) is 12.9. The predicted octanol–water partition coefficient (Wildman–Crippen LogP) is 2.23. The van der Waals surface area contributed by atoms with E-state index in [4.69, 9.17) is 12.2 Å². The molecule has 0 unspecified atom stereocenters. The van der Waals surface area contributed by atoms with Gasteiger partial charge in [0.2, 0.25) is 0 Å². The topological polar surface area (TPSA) is 45.1 Å². The molecular formula is C14H26BrN5S. The van der Waals surface area contributed by atoms with E-state index in [2.05, 4.69) is 50.4 Å². The Bertz CT molecular complexity index is 406. The van der Waals surface area contributed by atoms with Crippen molar-refractivity contribution in [3.63, 3.8) is 0 Å². The lowest BCUT2D eigenvalue weighted by molar-refractivity contribution is 0.300. The van der Waals surface area contributed by atoms with Gasteiger partial charge < -0.3 is 15.5 Å². The van der Waals surface area contributed by atoms with Crippen LogP contribution in [0, 0.1) is 0 Å². The van der Waals surface area contributed by atoms with Gasteiger partial charge >= 0.3 is 0 Å². The molecule has 0 aliphatic rings. The minimum atomic E-state index is 0.746. The van der Waals surface area contributed by atoms with Crippen molar-refractivity contribution in [2.75, 3.05) is 32.7 Å². The highest BCUT2D eigenvalue weighted by Gasteiger charge is 1.99. The van der Waals surface area contributed by atoms with Gasteiger partial charge in [-0.15, -0.1) is 0 Å². The largest absolute Gasteiger partial charge is 0.363 e. The van der Waals surface area contributed by atoms with E-state index in [9.17, 15) is 0 Å². The molecule has 0 saturated carbocycles. The minimum absolute atomic E-state index is 0.746. The van der Waals surface area contributed by atoms with Crippen molar-refractivity contribution in [3.05, 3.63) is 16.9 Å². The summed E-state index contributed by atoms with van der Waals surface area (Å²) in [5.41, 5.74) is 0. The molecule has 1 aromatic heterocycles. The number of nitrogens with one attached hydrogen (secondary N) is 2. The lowest BCUT2D eigenvalue weighted by Crippen LogP contribution is -2.37. The second kappa shape index (κ2) is 11.0. The average Bonchev–Trinajstić information content (AvgIpc) is 2.89. The molecule has 1 rings (SSSR count). The Morgan fingerprint density at radius 3 is 2.52 bits per heavy atom. The van der Waals surface area contributed by atoms with Crippen LogP contribution in [0.15, 0.2) is 16.9 Å². The quantitative estimate of drug-likeness (QED) is 0.484. The first kappa shape index (κ1) is 18.4. The molecule has 7 heteroatoms. The van der Waals surface area contributed by atoms with E-state index in [1.807, 2.05) is 10.9 Å². The van der Waals surface area contributed by atoms with Gasteiger partial charge in [0.15, 0.2) is 5.11 Å². The molecule has 21 heavy (non-hydrogen) atoms. The molecule has 0 fully saturated rings. The summed E-state index contributed by atoms with van der Waals surface area (Å²) in [6, 6.07) is 0. The Balaban J connectivity index is 1.98.